The van der Waals surface area contributed by atoms with Crippen LogP contribution in [0.25, 0.3) is 11.6 Å². The molecule has 0 aliphatic heterocycles. The van der Waals surface area contributed by atoms with E-state index in [2.05, 4.69) is 11.2 Å². The summed E-state index contributed by atoms with van der Waals surface area (Å²) in [5.74, 6) is 0.730. The van der Waals surface area contributed by atoms with Gasteiger partial charge in [-0.3, -0.25) is 0 Å². The Balaban J connectivity index is 1.79. The number of benzene rings is 2. The summed E-state index contributed by atoms with van der Waals surface area (Å²) in [6.07, 6.45) is 1.60. The number of hydrogen-bond donors (Lipinski definition) is 2. The molecule has 31 heavy (non-hydrogen) atoms. The molecule has 0 spiro atoms. The lowest BCUT2D eigenvalue weighted by atomic mass is 10.1. The van der Waals surface area contributed by atoms with Crippen LogP contribution in [0.5, 0.6) is 5.75 Å². The van der Waals surface area contributed by atoms with Crippen LogP contribution in [-0.2, 0) is 13.2 Å². The minimum atomic E-state index is -0.190. The van der Waals surface area contributed by atoms with Crippen molar-refractivity contribution in [3.63, 3.8) is 0 Å². The van der Waals surface area contributed by atoms with Crippen LogP contribution in [0.4, 0.5) is 5.82 Å². The largest absolute Gasteiger partial charge is 0.489 e. The fourth-order valence-electron chi connectivity index (χ4n) is 2.82. The topological polar surface area (TPSA) is 121 Å². The Kier molecular flexibility index (Phi) is 7.17. The van der Waals surface area contributed by atoms with Crippen molar-refractivity contribution in [2.24, 2.45) is 0 Å². The van der Waals surface area contributed by atoms with Gasteiger partial charge in [-0.05, 0) is 35.9 Å². The normalized spacial score (nSPS) is 11.1. The molecule has 2 aromatic carbocycles. The van der Waals surface area contributed by atoms with E-state index in [1.807, 2.05) is 6.07 Å². The molecule has 1 heterocycles. The molecule has 0 saturated heterocycles. The van der Waals surface area contributed by atoms with Gasteiger partial charge in [0.05, 0.1) is 18.7 Å². The quantitative estimate of drug-likeness (QED) is 0.514. The van der Waals surface area contributed by atoms with Gasteiger partial charge in [-0.15, -0.1) is 0 Å². The molecule has 3 aromatic rings. The van der Waals surface area contributed by atoms with Crippen molar-refractivity contribution in [2.45, 2.75) is 13.2 Å². The van der Waals surface area contributed by atoms with Crippen molar-refractivity contribution in [2.75, 3.05) is 12.3 Å². The predicted octanol–water partition coefficient (Wildman–Crippen LogP) is 4.28. The maximum absolute atomic E-state index is 9.59. The van der Waals surface area contributed by atoms with Crippen LogP contribution in [0.3, 0.4) is 0 Å². The average Bonchev–Trinajstić information content (AvgIpc) is 3.07. The second-order valence-corrected chi connectivity index (χ2v) is 7.27. The van der Waals surface area contributed by atoms with Crippen LogP contribution in [0.15, 0.2) is 42.5 Å². The molecule has 0 aliphatic rings. The van der Waals surface area contributed by atoms with Gasteiger partial charge in [-0.25, -0.2) is 4.68 Å². The van der Waals surface area contributed by atoms with Crippen molar-refractivity contribution in [1.82, 2.24) is 9.78 Å². The lowest BCUT2D eigenvalue weighted by molar-refractivity contribution is 0.270. The highest BCUT2D eigenvalue weighted by atomic mass is 35.5. The number of aliphatic hydroxyl groups excluding tert-OH is 1. The first-order valence-corrected chi connectivity index (χ1v) is 9.88. The zero-order valence-corrected chi connectivity index (χ0v) is 17.7. The number of aromatic nitrogens is 2. The Bertz CT molecular complexity index is 1200. The zero-order chi connectivity index (χ0) is 22.4. The van der Waals surface area contributed by atoms with Crippen LogP contribution in [0.1, 0.15) is 22.4 Å². The van der Waals surface area contributed by atoms with E-state index in [1.165, 1.54) is 4.68 Å². The molecule has 3 N–H and O–H groups in total. The summed E-state index contributed by atoms with van der Waals surface area (Å²) < 4.78 is 7.06. The highest BCUT2D eigenvalue weighted by Crippen LogP contribution is 2.26. The Morgan fingerprint density at radius 1 is 1.19 bits per heavy atom. The molecule has 0 atom stereocenters. The van der Waals surface area contributed by atoms with Gasteiger partial charge in [0, 0.05) is 15.6 Å². The number of anilines is 1. The maximum Gasteiger partial charge on any atom is 0.140 e. The second-order valence-electron chi connectivity index (χ2n) is 6.43. The van der Waals surface area contributed by atoms with Crippen molar-refractivity contribution in [3.05, 3.63) is 74.9 Å². The van der Waals surface area contributed by atoms with Gasteiger partial charge in [-0.2, -0.15) is 15.6 Å². The summed E-state index contributed by atoms with van der Waals surface area (Å²) in [5, 5.41) is 33.4. The fourth-order valence-corrected chi connectivity index (χ4v) is 3.28. The lowest BCUT2D eigenvalue weighted by Crippen LogP contribution is -2.07. The number of ether oxygens (including phenoxy) is 1. The van der Waals surface area contributed by atoms with E-state index in [0.717, 1.165) is 5.56 Å². The first-order valence-electron chi connectivity index (χ1n) is 9.13. The molecule has 0 aliphatic carbocycles. The molecule has 0 radical (unpaired) electrons. The molecule has 156 valence electrons. The van der Waals surface area contributed by atoms with Crippen LogP contribution in [0, 0.1) is 22.7 Å². The summed E-state index contributed by atoms with van der Waals surface area (Å²) >= 11 is 12.1. The molecule has 0 bridgehead atoms. The van der Waals surface area contributed by atoms with Crippen LogP contribution >= 0.6 is 23.2 Å². The number of aliphatic hydroxyl groups is 1. The molecule has 1 aromatic heterocycles. The number of allylic oxidation sites excluding steroid dienone is 1. The van der Waals surface area contributed by atoms with E-state index >= 15 is 0 Å². The van der Waals surface area contributed by atoms with Crippen LogP contribution < -0.4 is 10.5 Å². The summed E-state index contributed by atoms with van der Waals surface area (Å²) in [4.78, 5) is 0. The molecule has 0 fully saturated rings. The molecule has 0 unspecified atom stereocenters. The third kappa shape index (κ3) is 5.17. The fraction of sp³-hybridized carbons (Fsp3) is 0.136. The van der Waals surface area contributed by atoms with Crippen LogP contribution in [-0.4, -0.2) is 21.5 Å². The van der Waals surface area contributed by atoms with Gasteiger partial charge < -0.3 is 15.6 Å². The van der Waals surface area contributed by atoms with Crippen LogP contribution in [0.2, 0.25) is 10.0 Å². The summed E-state index contributed by atoms with van der Waals surface area (Å²) in [7, 11) is 0. The van der Waals surface area contributed by atoms with E-state index in [4.69, 9.17) is 38.8 Å². The Hall–Kier alpha value is -3.49. The van der Waals surface area contributed by atoms with Crippen molar-refractivity contribution in [3.8, 4) is 17.9 Å². The van der Waals surface area contributed by atoms with Gasteiger partial charge in [0.2, 0.25) is 0 Å². The molecule has 9 heteroatoms. The van der Waals surface area contributed by atoms with Gasteiger partial charge >= 0.3 is 0 Å². The zero-order valence-electron chi connectivity index (χ0n) is 16.2. The Labute approximate surface area is 189 Å². The van der Waals surface area contributed by atoms with Crippen molar-refractivity contribution in [1.29, 1.82) is 10.5 Å². The minimum absolute atomic E-state index is 0.0982. The monoisotopic (exact) mass is 453 g/mol. The summed E-state index contributed by atoms with van der Waals surface area (Å²) in [5.41, 5.74) is 7.88. The van der Waals surface area contributed by atoms with Crippen molar-refractivity contribution >= 4 is 40.7 Å². The average molecular weight is 454 g/mol. The number of halogens is 2. The first kappa shape index (κ1) is 22.2. The lowest BCUT2D eigenvalue weighted by Gasteiger charge is -2.08. The first-order chi connectivity index (χ1) is 15.0. The van der Waals surface area contributed by atoms with Gasteiger partial charge in [0.15, 0.2) is 0 Å². The van der Waals surface area contributed by atoms with Crippen molar-refractivity contribution < 1.29 is 9.84 Å². The molecular weight excluding hydrogens is 437 g/mol. The molecule has 0 saturated carbocycles. The summed E-state index contributed by atoms with van der Waals surface area (Å²) in [6.45, 7) is 0.217. The number of hydrogen-bond acceptors (Lipinski definition) is 6. The third-order valence-electron chi connectivity index (χ3n) is 4.39. The Morgan fingerprint density at radius 2 is 1.94 bits per heavy atom. The smallest absolute Gasteiger partial charge is 0.140 e. The number of rotatable bonds is 7. The predicted molar refractivity (Wildman–Crippen MR) is 119 cm³/mol. The number of nitrogen functional groups attached to an aromatic ring is 1. The third-order valence-corrected chi connectivity index (χ3v) is 4.98. The molecule has 7 nitrogen and oxygen atoms in total. The number of nitrogens with zero attached hydrogens (tertiary/aromatic N) is 4. The van der Waals surface area contributed by atoms with E-state index < -0.39 is 0 Å². The van der Waals surface area contributed by atoms with E-state index in [0.29, 0.717) is 21.4 Å². The van der Waals surface area contributed by atoms with E-state index in [1.54, 1.807) is 48.5 Å². The van der Waals surface area contributed by atoms with Gasteiger partial charge in [0.1, 0.15) is 41.6 Å². The number of nitriles is 2. The molecular formula is C22H17Cl2N5O2. The van der Waals surface area contributed by atoms with E-state index in [-0.39, 0.29) is 42.4 Å². The van der Waals surface area contributed by atoms with Gasteiger partial charge in [-0.1, -0.05) is 41.4 Å². The SMILES string of the molecule is N#C/C(=C/c1ccc(OCc2ccc(Cl)cc2Cl)cc1)c1nn(CCO)c(N)c1C#N. The standard InChI is InChI=1S/C22H17Cl2N5O2/c23-17-4-3-15(20(24)10-17)13-31-18-5-1-14(2-6-18)9-16(11-25)21-19(12-26)22(27)29(28-21)7-8-30/h1-6,9-10,30H,7-8,13,27H2/b16-9-. The highest BCUT2D eigenvalue weighted by Gasteiger charge is 2.18. The molecule has 0 amide bonds. The van der Waals surface area contributed by atoms with E-state index in [9.17, 15) is 10.5 Å². The minimum Gasteiger partial charge on any atom is -0.489 e. The molecule has 3 rings (SSSR count). The maximum atomic E-state index is 9.59. The number of nitrogens with two attached hydrogens (primary N) is 1. The highest BCUT2D eigenvalue weighted by molar-refractivity contribution is 6.35. The summed E-state index contributed by atoms with van der Waals surface area (Å²) in [6, 6.07) is 16.3. The van der Waals surface area contributed by atoms with Gasteiger partial charge in [0.25, 0.3) is 0 Å². The second kappa shape index (κ2) is 10.0. The Morgan fingerprint density at radius 3 is 2.55 bits per heavy atom.